The van der Waals surface area contributed by atoms with Crippen molar-refractivity contribution < 1.29 is 19.1 Å². The predicted molar refractivity (Wildman–Crippen MR) is 91.0 cm³/mol. The molecule has 6 nitrogen and oxygen atoms in total. The number of amides is 1. The second kappa shape index (κ2) is 8.43. The lowest BCUT2D eigenvalue weighted by atomic mass is 10.2. The lowest BCUT2D eigenvalue weighted by Crippen LogP contribution is -2.50. The number of piperazine rings is 1. The molecular weight excluding hydrogens is 328 g/mol. The third-order valence-corrected chi connectivity index (χ3v) is 4.84. The van der Waals surface area contributed by atoms with Gasteiger partial charge in [-0.05, 0) is 23.6 Å². The molecule has 1 N–H and O–H groups in total. The average Bonchev–Trinajstić information content (AvgIpc) is 3.29. The molecule has 1 atom stereocenters. The first-order chi connectivity index (χ1) is 11.7. The molecule has 7 heteroatoms. The molecule has 1 fully saturated rings. The van der Waals surface area contributed by atoms with Crippen molar-refractivity contribution in [3.8, 4) is 0 Å². The molecule has 1 amide bonds. The Morgan fingerprint density at radius 3 is 2.79 bits per heavy atom. The second-order valence-electron chi connectivity index (χ2n) is 5.82. The van der Waals surface area contributed by atoms with Gasteiger partial charge in [0.05, 0.1) is 25.6 Å². The third kappa shape index (κ3) is 4.67. The minimum absolute atomic E-state index is 0.0699. The largest absolute Gasteiger partial charge is 0.459 e. The molecule has 0 radical (unpaired) electrons. The highest BCUT2D eigenvalue weighted by molar-refractivity contribution is 7.09. The molecule has 0 bridgehead atoms. The first kappa shape index (κ1) is 17.2. The molecule has 2 aromatic rings. The predicted octanol–water partition coefficient (Wildman–Crippen LogP) is 1.68. The van der Waals surface area contributed by atoms with Gasteiger partial charge in [-0.25, -0.2) is 0 Å². The minimum atomic E-state index is -0.516. The summed E-state index contributed by atoms with van der Waals surface area (Å²) in [6, 6.07) is 7.41. The van der Waals surface area contributed by atoms with Crippen LogP contribution in [0.2, 0.25) is 0 Å². The molecule has 0 aliphatic carbocycles. The molecule has 130 valence electrons. The summed E-state index contributed by atoms with van der Waals surface area (Å²) in [5.41, 5.74) is 0. The number of carbonyl (C=O) groups excluding carboxylic acids is 1. The maximum Gasteiger partial charge on any atom is 0.289 e. The van der Waals surface area contributed by atoms with Crippen LogP contribution in [0.25, 0.3) is 0 Å². The van der Waals surface area contributed by atoms with Crippen LogP contribution in [-0.2, 0) is 11.3 Å². The smallest absolute Gasteiger partial charge is 0.289 e. The van der Waals surface area contributed by atoms with Crippen LogP contribution in [0.1, 0.15) is 15.4 Å². The fraction of sp³-hybridized carbons (Fsp3) is 0.471. The molecule has 2 aromatic heterocycles. The molecule has 1 aliphatic heterocycles. The molecule has 3 heterocycles. The van der Waals surface area contributed by atoms with Gasteiger partial charge < -0.3 is 19.2 Å². The van der Waals surface area contributed by atoms with Gasteiger partial charge in [-0.15, -0.1) is 11.3 Å². The molecule has 0 unspecified atom stereocenters. The number of ether oxygens (including phenoxy) is 1. The van der Waals surface area contributed by atoms with Crippen molar-refractivity contribution in [1.29, 1.82) is 0 Å². The van der Waals surface area contributed by atoms with Gasteiger partial charge in [-0.1, -0.05) is 6.07 Å². The molecule has 0 spiro atoms. The highest BCUT2D eigenvalue weighted by Gasteiger charge is 2.24. The van der Waals surface area contributed by atoms with Crippen molar-refractivity contribution in [2.24, 2.45) is 0 Å². The second-order valence-corrected chi connectivity index (χ2v) is 6.85. The fourth-order valence-corrected chi connectivity index (χ4v) is 3.37. The Morgan fingerprint density at radius 2 is 2.12 bits per heavy atom. The van der Waals surface area contributed by atoms with E-state index in [9.17, 15) is 9.90 Å². The third-order valence-electron chi connectivity index (χ3n) is 4.00. The van der Waals surface area contributed by atoms with Gasteiger partial charge in [0.15, 0.2) is 5.76 Å². The van der Waals surface area contributed by atoms with E-state index >= 15 is 0 Å². The number of nitrogens with zero attached hydrogens (tertiary/aromatic N) is 2. The topological polar surface area (TPSA) is 66.2 Å². The zero-order chi connectivity index (χ0) is 16.8. The lowest BCUT2D eigenvalue weighted by molar-refractivity contribution is 0.00244. The van der Waals surface area contributed by atoms with E-state index in [-0.39, 0.29) is 5.91 Å². The Labute approximate surface area is 145 Å². The van der Waals surface area contributed by atoms with Crippen LogP contribution in [0.15, 0.2) is 40.3 Å². The van der Waals surface area contributed by atoms with E-state index in [0.29, 0.717) is 38.6 Å². The summed E-state index contributed by atoms with van der Waals surface area (Å²) in [5, 5.41) is 12.1. The van der Waals surface area contributed by atoms with E-state index in [0.717, 1.165) is 18.0 Å². The van der Waals surface area contributed by atoms with Gasteiger partial charge in [0.25, 0.3) is 5.91 Å². The lowest BCUT2D eigenvalue weighted by Gasteiger charge is -2.35. The Morgan fingerprint density at radius 1 is 1.29 bits per heavy atom. The van der Waals surface area contributed by atoms with Gasteiger partial charge in [-0.3, -0.25) is 9.69 Å². The van der Waals surface area contributed by atoms with Gasteiger partial charge in [0.2, 0.25) is 0 Å². The van der Waals surface area contributed by atoms with E-state index in [1.54, 1.807) is 28.4 Å². The number of β-amino-alcohol motifs (C(OH)–C–C–N with tert-alkyl or cyclic N) is 1. The molecule has 0 saturated carbocycles. The number of furan rings is 1. The van der Waals surface area contributed by atoms with Crippen molar-refractivity contribution in [3.63, 3.8) is 0 Å². The van der Waals surface area contributed by atoms with Crippen LogP contribution in [0.5, 0.6) is 0 Å². The van der Waals surface area contributed by atoms with Crippen LogP contribution in [-0.4, -0.2) is 66.2 Å². The summed E-state index contributed by atoms with van der Waals surface area (Å²) in [5.74, 6) is 0.310. The molecule has 0 aromatic carbocycles. The Kier molecular flexibility index (Phi) is 6.03. The van der Waals surface area contributed by atoms with Crippen LogP contribution >= 0.6 is 11.3 Å². The average molecular weight is 350 g/mol. The molecule has 3 rings (SSSR count). The van der Waals surface area contributed by atoms with E-state index in [1.807, 2.05) is 17.5 Å². The van der Waals surface area contributed by atoms with Crippen LogP contribution in [0, 0.1) is 0 Å². The van der Waals surface area contributed by atoms with Crippen LogP contribution in [0.3, 0.4) is 0 Å². The number of thiophene rings is 1. The summed E-state index contributed by atoms with van der Waals surface area (Å²) in [4.78, 5) is 17.3. The van der Waals surface area contributed by atoms with E-state index < -0.39 is 6.10 Å². The van der Waals surface area contributed by atoms with Crippen LogP contribution < -0.4 is 0 Å². The van der Waals surface area contributed by atoms with Crippen molar-refractivity contribution in [1.82, 2.24) is 9.80 Å². The fourth-order valence-electron chi connectivity index (χ4n) is 2.73. The van der Waals surface area contributed by atoms with Gasteiger partial charge in [0.1, 0.15) is 0 Å². The quantitative estimate of drug-likeness (QED) is 0.823. The van der Waals surface area contributed by atoms with E-state index in [2.05, 4.69) is 4.90 Å². The Balaban J connectivity index is 1.35. The van der Waals surface area contributed by atoms with E-state index in [4.69, 9.17) is 9.15 Å². The molecule has 1 saturated heterocycles. The first-order valence-corrected chi connectivity index (χ1v) is 8.93. The zero-order valence-electron chi connectivity index (χ0n) is 13.5. The van der Waals surface area contributed by atoms with Gasteiger partial charge in [0, 0.05) is 37.6 Å². The van der Waals surface area contributed by atoms with Crippen molar-refractivity contribution >= 4 is 17.2 Å². The number of aliphatic hydroxyl groups is 1. The highest BCUT2D eigenvalue weighted by atomic mass is 32.1. The first-order valence-electron chi connectivity index (χ1n) is 8.05. The van der Waals surface area contributed by atoms with Gasteiger partial charge >= 0.3 is 0 Å². The van der Waals surface area contributed by atoms with Crippen molar-refractivity contribution in [3.05, 3.63) is 46.5 Å². The van der Waals surface area contributed by atoms with E-state index in [1.165, 1.54) is 6.26 Å². The number of rotatable bonds is 7. The Hall–Kier alpha value is -1.67. The molecular formula is C17H22N2O4S. The number of carbonyl (C=O) groups is 1. The number of hydrogen-bond donors (Lipinski definition) is 1. The number of aliphatic hydroxyl groups excluding tert-OH is 1. The summed E-state index contributed by atoms with van der Waals surface area (Å²) in [6.07, 6.45) is 0.994. The van der Waals surface area contributed by atoms with Crippen LogP contribution in [0.4, 0.5) is 0 Å². The van der Waals surface area contributed by atoms with Crippen molar-refractivity contribution in [2.45, 2.75) is 12.7 Å². The summed E-state index contributed by atoms with van der Waals surface area (Å²) >= 11 is 1.65. The Bertz CT molecular complexity index is 607. The number of hydrogen-bond acceptors (Lipinski definition) is 6. The summed E-state index contributed by atoms with van der Waals surface area (Å²) < 4.78 is 10.7. The monoisotopic (exact) mass is 350 g/mol. The van der Waals surface area contributed by atoms with Crippen molar-refractivity contribution in [2.75, 3.05) is 39.3 Å². The maximum absolute atomic E-state index is 12.2. The zero-order valence-corrected chi connectivity index (χ0v) is 14.3. The maximum atomic E-state index is 12.2. The molecule has 1 aliphatic rings. The summed E-state index contributed by atoms with van der Waals surface area (Å²) in [7, 11) is 0. The SMILES string of the molecule is O=C(c1ccco1)N1CCN(C[C@H](O)COCc2cccs2)CC1. The van der Waals surface area contributed by atoms with Gasteiger partial charge in [-0.2, -0.15) is 0 Å². The highest BCUT2D eigenvalue weighted by Crippen LogP contribution is 2.11. The minimum Gasteiger partial charge on any atom is -0.459 e. The summed E-state index contributed by atoms with van der Waals surface area (Å²) in [6.45, 7) is 4.20. The normalized spacial score (nSPS) is 17.1. The molecule has 24 heavy (non-hydrogen) atoms. The standard InChI is InChI=1S/C17H22N2O4S/c20-14(12-22-13-15-3-2-10-24-15)11-18-5-7-19(8-6-18)17(21)16-4-1-9-23-16/h1-4,9-10,14,20H,5-8,11-13H2/t14-/m0/s1.